The van der Waals surface area contributed by atoms with Crippen molar-refractivity contribution in [2.45, 2.75) is 6.61 Å². The zero-order valence-corrected chi connectivity index (χ0v) is 15.9. The molecular weight excluding hydrogens is 389 g/mol. The van der Waals surface area contributed by atoms with Crippen LogP contribution in [0.15, 0.2) is 66.7 Å². The van der Waals surface area contributed by atoms with Gasteiger partial charge in [-0.2, -0.15) is 5.26 Å². The molecular formula is C23H15ClFN3O. The van der Waals surface area contributed by atoms with Crippen molar-refractivity contribution >= 4 is 34.3 Å². The number of para-hydroxylation sites is 2. The number of nitriles is 1. The summed E-state index contributed by atoms with van der Waals surface area (Å²) in [4.78, 5) is 7.62. The van der Waals surface area contributed by atoms with E-state index >= 15 is 0 Å². The van der Waals surface area contributed by atoms with Crippen LogP contribution < -0.4 is 4.74 Å². The number of ether oxygens (including phenoxy) is 1. The van der Waals surface area contributed by atoms with Gasteiger partial charge in [-0.05, 0) is 48.0 Å². The molecule has 0 saturated heterocycles. The summed E-state index contributed by atoms with van der Waals surface area (Å²) in [5, 5.41) is 9.90. The van der Waals surface area contributed by atoms with E-state index in [1.54, 1.807) is 36.4 Å². The average Bonchev–Trinajstić information content (AvgIpc) is 3.16. The average molecular weight is 404 g/mol. The van der Waals surface area contributed by atoms with Crippen molar-refractivity contribution in [3.8, 4) is 11.8 Å². The lowest BCUT2D eigenvalue weighted by molar-refractivity contribution is 0.300. The molecule has 0 radical (unpaired) electrons. The van der Waals surface area contributed by atoms with Crippen molar-refractivity contribution in [1.29, 1.82) is 5.26 Å². The Hall–Kier alpha value is -3.62. The number of nitrogens with zero attached hydrogens (tertiary/aromatic N) is 2. The van der Waals surface area contributed by atoms with Gasteiger partial charge in [0.2, 0.25) is 0 Å². The minimum atomic E-state index is -0.412. The van der Waals surface area contributed by atoms with Crippen LogP contribution in [0.25, 0.3) is 22.7 Å². The smallest absolute Gasteiger partial charge is 0.149 e. The molecule has 142 valence electrons. The number of imidazole rings is 1. The van der Waals surface area contributed by atoms with Crippen molar-refractivity contribution in [1.82, 2.24) is 9.97 Å². The molecule has 0 spiro atoms. The van der Waals surface area contributed by atoms with Gasteiger partial charge in [-0.15, -0.1) is 0 Å². The van der Waals surface area contributed by atoms with Crippen LogP contribution in [-0.2, 0) is 6.61 Å². The van der Waals surface area contributed by atoms with Crippen molar-refractivity contribution in [3.63, 3.8) is 0 Å². The van der Waals surface area contributed by atoms with Crippen LogP contribution >= 0.6 is 11.6 Å². The SMILES string of the molecule is N#C/C(=C\c1cccc(OCc2c(F)cccc2Cl)c1)c1nc2ccccc2[nH]1. The monoisotopic (exact) mass is 403 g/mol. The number of hydrogen-bond donors (Lipinski definition) is 1. The zero-order valence-electron chi connectivity index (χ0n) is 15.2. The lowest BCUT2D eigenvalue weighted by Gasteiger charge is -2.09. The summed E-state index contributed by atoms with van der Waals surface area (Å²) in [5.41, 5.74) is 3.12. The second kappa shape index (κ2) is 8.17. The fourth-order valence-corrected chi connectivity index (χ4v) is 3.14. The minimum absolute atomic E-state index is 0.00730. The molecule has 0 atom stereocenters. The molecule has 0 aliphatic rings. The predicted molar refractivity (Wildman–Crippen MR) is 112 cm³/mol. The van der Waals surface area contributed by atoms with E-state index in [4.69, 9.17) is 16.3 Å². The molecule has 0 aliphatic heterocycles. The molecule has 1 heterocycles. The van der Waals surface area contributed by atoms with E-state index in [1.807, 2.05) is 30.3 Å². The molecule has 6 heteroatoms. The van der Waals surface area contributed by atoms with Crippen molar-refractivity contribution in [2.75, 3.05) is 0 Å². The summed E-state index contributed by atoms with van der Waals surface area (Å²) < 4.78 is 19.6. The van der Waals surface area contributed by atoms with E-state index in [9.17, 15) is 9.65 Å². The maximum Gasteiger partial charge on any atom is 0.149 e. The molecule has 4 nitrogen and oxygen atoms in total. The van der Waals surface area contributed by atoms with Gasteiger partial charge in [-0.25, -0.2) is 9.37 Å². The second-order valence-electron chi connectivity index (χ2n) is 6.33. The van der Waals surface area contributed by atoms with Gasteiger partial charge in [0.15, 0.2) is 0 Å². The van der Waals surface area contributed by atoms with Crippen LogP contribution in [0, 0.1) is 17.1 Å². The molecule has 4 rings (SSSR count). The first-order valence-electron chi connectivity index (χ1n) is 8.87. The number of aromatic nitrogens is 2. The van der Waals surface area contributed by atoms with Gasteiger partial charge in [0, 0.05) is 5.56 Å². The van der Waals surface area contributed by atoms with Gasteiger partial charge in [-0.3, -0.25) is 0 Å². The molecule has 3 aromatic carbocycles. The van der Waals surface area contributed by atoms with Crippen LogP contribution in [0.5, 0.6) is 5.75 Å². The first kappa shape index (κ1) is 18.7. The molecule has 1 aromatic heterocycles. The van der Waals surface area contributed by atoms with Crippen molar-refractivity contribution < 1.29 is 9.13 Å². The molecule has 0 aliphatic carbocycles. The first-order valence-corrected chi connectivity index (χ1v) is 9.24. The molecule has 0 amide bonds. The van der Waals surface area contributed by atoms with E-state index in [0.717, 1.165) is 16.6 Å². The summed E-state index contributed by atoms with van der Waals surface area (Å²) in [6.07, 6.45) is 1.72. The topological polar surface area (TPSA) is 61.7 Å². The number of allylic oxidation sites excluding steroid dienone is 1. The molecule has 1 N–H and O–H groups in total. The number of halogens is 2. The highest BCUT2D eigenvalue weighted by atomic mass is 35.5. The van der Waals surface area contributed by atoms with E-state index in [0.29, 0.717) is 27.7 Å². The Morgan fingerprint density at radius 3 is 2.76 bits per heavy atom. The summed E-state index contributed by atoms with van der Waals surface area (Å²) in [6, 6.07) is 21.5. The van der Waals surface area contributed by atoms with E-state index in [1.165, 1.54) is 6.07 Å². The van der Waals surface area contributed by atoms with E-state index < -0.39 is 5.82 Å². The molecule has 4 aromatic rings. The van der Waals surface area contributed by atoms with E-state index in [2.05, 4.69) is 16.0 Å². The Labute approximate surface area is 171 Å². The highest BCUT2D eigenvalue weighted by Gasteiger charge is 2.09. The van der Waals surface area contributed by atoms with Gasteiger partial charge >= 0.3 is 0 Å². The van der Waals surface area contributed by atoms with Crippen LogP contribution in [0.4, 0.5) is 4.39 Å². The predicted octanol–water partition coefficient (Wildman–Crippen LogP) is 6.00. The minimum Gasteiger partial charge on any atom is -0.489 e. The fraction of sp³-hybridized carbons (Fsp3) is 0.0435. The second-order valence-corrected chi connectivity index (χ2v) is 6.74. The third-order valence-corrected chi connectivity index (χ3v) is 4.73. The maximum atomic E-state index is 13.9. The van der Waals surface area contributed by atoms with Crippen molar-refractivity contribution in [3.05, 3.63) is 94.5 Å². The Bertz CT molecular complexity index is 1200. The van der Waals surface area contributed by atoms with Crippen LogP contribution in [0.1, 0.15) is 17.0 Å². The summed E-state index contributed by atoms with van der Waals surface area (Å²) in [6.45, 7) is 0.00730. The Morgan fingerprint density at radius 1 is 1.14 bits per heavy atom. The highest BCUT2D eigenvalue weighted by Crippen LogP contribution is 2.24. The van der Waals surface area contributed by atoms with Gasteiger partial charge in [0.1, 0.15) is 30.1 Å². The van der Waals surface area contributed by atoms with Crippen LogP contribution in [-0.4, -0.2) is 9.97 Å². The number of fused-ring (bicyclic) bond motifs is 1. The van der Waals surface area contributed by atoms with Crippen LogP contribution in [0.2, 0.25) is 5.02 Å². The molecule has 0 bridgehead atoms. The third kappa shape index (κ3) is 4.13. The standard InChI is InChI=1S/C23H15ClFN3O/c24-19-7-4-8-20(25)18(19)14-29-17-6-3-5-15(12-17)11-16(13-26)23-27-21-9-1-2-10-22(21)28-23/h1-12H,14H2,(H,27,28)/b16-11+. The Balaban J connectivity index is 1.58. The quantitative estimate of drug-likeness (QED) is 0.416. The van der Waals surface area contributed by atoms with Gasteiger partial charge in [0.25, 0.3) is 0 Å². The number of aromatic amines is 1. The normalized spacial score (nSPS) is 11.4. The Morgan fingerprint density at radius 2 is 1.97 bits per heavy atom. The lowest BCUT2D eigenvalue weighted by Crippen LogP contribution is -1.99. The number of hydrogen-bond acceptors (Lipinski definition) is 3. The van der Waals surface area contributed by atoms with Crippen molar-refractivity contribution in [2.24, 2.45) is 0 Å². The number of benzene rings is 3. The number of rotatable bonds is 5. The van der Waals surface area contributed by atoms with Gasteiger partial charge < -0.3 is 9.72 Å². The molecule has 0 saturated carbocycles. The molecule has 0 unspecified atom stereocenters. The maximum absolute atomic E-state index is 13.9. The summed E-state index contributed by atoms with van der Waals surface area (Å²) >= 11 is 6.04. The van der Waals surface area contributed by atoms with Crippen LogP contribution in [0.3, 0.4) is 0 Å². The zero-order chi connectivity index (χ0) is 20.2. The summed E-state index contributed by atoms with van der Waals surface area (Å²) in [7, 11) is 0. The molecule has 29 heavy (non-hydrogen) atoms. The molecule has 0 fully saturated rings. The number of H-pyrrole nitrogens is 1. The lowest BCUT2D eigenvalue weighted by atomic mass is 10.1. The van der Waals surface area contributed by atoms with Gasteiger partial charge in [-0.1, -0.05) is 41.9 Å². The first-order chi connectivity index (χ1) is 14.1. The summed E-state index contributed by atoms with van der Waals surface area (Å²) in [5.74, 6) is 0.628. The number of nitrogens with one attached hydrogen (secondary N) is 1. The third-order valence-electron chi connectivity index (χ3n) is 4.38. The highest BCUT2D eigenvalue weighted by molar-refractivity contribution is 6.31. The largest absolute Gasteiger partial charge is 0.489 e. The van der Waals surface area contributed by atoms with E-state index in [-0.39, 0.29) is 6.61 Å². The Kier molecular flexibility index (Phi) is 5.28. The van der Waals surface area contributed by atoms with Gasteiger partial charge in [0.05, 0.1) is 21.6 Å². The fourth-order valence-electron chi connectivity index (χ4n) is 2.92.